The molecule has 1 heterocycles. The van der Waals surface area contributed by atoms with E-state index in [-0.39, 0.29) is 0 Å². The standard InChI is InChI=1S/C13H15N3S/c1-9(2)16-13(14-4)17-12(15-16)11-7-5-10(3)6-8-11/h5-8H,1H2,2-4H3/b14-13+. The van der Waals surface area contributed by atoms with E-state index in [1.807, 2.05) is 6.92 Å². The SMILES string of the molecule is C=C(C)n1nc(-c2ccc(C)cc2)s/c1=N/C. The molecule has 1 aromatic carbocycles. The lowest BCUT2D eigenvalue weighted by molar-refractivity contribution is 0.849. The van der Waals surface area contributed by atoms with Crippen molar-refractivity contribution in [3.8, 4) is 10.6 Å². The molecule has 0 saturated heterocycles. The highest BCUT2D eigenvalue weighted by atomic mass is 32.1. The van der Waals surface area contributed by atoms with E-state index in [4.69, 9.17) is 0 Å². The van der Waals surface area contributed by atoms with Crippen LogP contribution in [-0.2, 0) is 0 Å². The van der Waals surface area contributed by atoms with E-state index in [0.29, 0.717) is 0 Å². The van der Waals surface area contributed by atoms with Gasteiger partial charge in [-0.2, -0.15) is 5.10 Å². The second kappa shape index (κ2) is 4.67. The molecule has 0 bridgehead atoms. The van der Waals surface area contributed by atoms with Crippen molar-refractivity contribution < 1.29 is 0 Å². The van der Waals surface area contributed by atoms with Gasteiger partial charge in [-0.1, -0.05) is 47.7 Å². The van der Waals surface area contributed by atoms with Crippen LogP contribution in [0.3, 0.4) is 0 Å². The molecule has 0 atom stereocenters. The van der Waals surface area contributed by atoms with Gasteiger partial charge in [0.25, 0.3) is 0 Å². The third-order valence-electron chi connectivity index (χ3n) is 2.41. The maximum Gasteiger partial charge on any atom is 0.207 e. The third kappa shape index (κ3) is 2.36. The molecular weight excluding hydrogens is 230 g/mol. The quantitative estimate of drug-likeness (QED) is 0.800. The van der Waals surface area contributed by atoms with E-state index in [9.17, 15) is 0 Å². The Labute approximate surface area is 105 Å². The minimum Gasteiger partial charge on any atom is -0.261 e. The monoisotopic (exact) mass is 245 g/mol. The molecule has 0 aliphatic rings. The fourth-order valence-corrected chi connectivity index (χ4v) is 2.41. The number of allylic oxidation sites excluding steroid dienone is 1. The van der Waals surface area contributed by atoms with Crippen LogP contribution in [0.1, 0.15) is 12.5 Å². The van der Waals surface area contributed by atoms with Gasteiger partial charge in [0.05, 0.1) is 0 Å². The lowest BCUT2D eigenvalue weighted by atomic mass is 10.2. The molecule has 0 saturated carbocycles. The highest BCUT2D eigenvalue weighted by Crippen LogP contribution is 2.20. The smallest absolute Gasteiger partial charge is 0.207 e. The Morgan fingerprint density at radius 3 is 2.47 bits per heavy atom. The van der Waals surface area contributed by atoms with Crippen LogP contribution >= 0.6 is 11.3 Å². The number of nitrogens with zero attached hydrogens (tertiary/aromatic N) is 3. The molecule has 88 valence electrons. The van der Waals surface area contributed by atoms with E-state index in [2.05, 4.69) is 47.9 Å². The fourth-order valence-electron chi connectivity index (χ4n) is 1.49. The van der Waals surface area contributed by atoms with Crippen LogP contribution < -0.4 is 4.80 Å². The average Bonchev–Trinajstić information content (AvgIpc) is 2.74. The molecule has 0 unspecified atom stereocenters. The minimum atomic E-state index is 0.869. The van der Waals surface area contributed by atoms with Crippen molar-refractivity contribution in [3.05, 3.63) is 41.2 Å². The zero-order valence-electron chi connectivity index (χ0n) is 10.3. The Morgan fingerprint density at radius 2 is 2.00 bits per heavy atom. The second-order valence-electron chi connectivity index (χ2n) is 3.93. The van der Waals surface area contributed by atoms with Gasteiger partial charge in [0.15, 0.2) is 0 Å². The molecule has 3 nitrogen and oxygen atoms in total. The zero-order chi connectivity index (χ0) is 12.4. The lowest BCUT2D eigenvalue weighted by Crippen LogP contribution is -2.13. The van der Waals surface area contributed by atoms with Gasteiger partial charge in [-0.15, -0.1) is 0 Å². The first-order valence-electron chi connectivity index (χ1n) is 5.37. The van der Waals surface area contributed by atoms with Gasteiger partial charge in [0.1, 0.15) is 5.01 Å². The van der Waals surface area contributed by atoms with Crippen LogP contribution in [0.4, 0.5) is 0 Å². The first-order chi connectivity index (χ1) is 8.11. The summed E-state index contributed by atoms with van der Waals surface area (Å²) in [6, 6.07) is 8.34. The Bertz CT molecular complexity index is 602. The predicted molar refractivity (Wildman–Crippen MR) is 72.8 cm³/mol. The summed E-state index contributed by atoms with van der Waals surface area (Å²) in [5.74, 6) is 0. The Balaban J connectivity index is 2.54. The molecule has 4 heteroatoms. The number of benzene rings is 1. The molecular formula is C13H15N3S. The largest absolute Gasteiger partial charge is 0.261 e. The van der Waals surface area contributed by atoms with E-state index in [1.165, 1.54) is 5.56 Å². The highest BCUT2D eigenvalue weighted by Gasteiger charge is 2.06. The highest BCUT2D eigenvalue weighted by molar-refractivity contribution is 7.12. The van der Waals surface area contributed by atoms with Crippen LogP contribution in [0, 0.1) is 6.92 Å². The number of aryl methyl sites for hydroxylation is 1. The molecule has 0 aliphatic heterocycles. The van der Waals surface area contributed by atoms with Gasteiger partial charge in [0, 0.05) is 18.3 Å². The molecule has 0 spiro atoms. The average molecular weight is 245 g/mol. The Morgan fingerprint density at radius 1 is 1.35 bits per heavy atom. The second-order valence-corrected chi connectivity index (χ2v) is 4.88. The van der Waals surface area contributed by atoms with Crippen molar-refractivity contribution in [1.82, 2.24) is 9.78 Å². The summed E-state index contributed by atoms with van der Waals surface area (Å²) in [6.45, 7) is 7.90. The molecule has 0 N–H and O–H groups in total. The van der Waals surface area contributed by atoms with Gasteiger partial charge in [-0.3, -0.25) is 4.99 Å². The minimum absolute atomic E-state index is 0.869. The van der Waals surface area contributed by atoms with E-state index in [0.717, 1.165) is 21.1 Å². The predicted octanol–water partition coefficient (Wildman–Crippen LogP) is 2.94. The fraction of sp³-hybridized carbons (Fsp3) is 0.231. The van der Waals surface area contributed by atoms with Gasteiger partial charge >= 0.3 is 0 Å². The van der Waals surface area contributed by atoms with Crippen LogP contribution in [0.2, 0.25) is 0 Å². The number of aromatic nitrogens is 2. The summed E-state index contributed by atoms with van der Waals surface area (Å²) in [5, 5.41) is 5.49. The van der Waals surface area contributed by atoms with Gasteiger partial charge in [-0.25, -0.2) is 4.68 Å². The summed E-state index contributed by atoms with van der Waals surface area (Å²) >= 11 is 1.57. The van der Waals surface area contributed by atoms with Gasteiger partial charge in [-0.05, 0) is 13.8 Å². The van der Waals surface area contributed by atoms with Gasteiger partial charge in [0.2, 0.25) is 4.80 Å². The molecule has 17 heavy (non-hydrogen) atoms. The Hall–Kier alpha value is -1.68. The molecule has 0 fully saturated rings. The van der Waals surface area contributed by atoms with Crippen molar-refractivity contribution in [2.24, 2.45) is 4.99 Å². The van der Waals surface area contributed by atoms with Crippen LogP contribution in [0.5, 0.6) is 0 Å². The molecule has 1 aromatic heterocycles. The number of rotatable bonds is 2. The first-order valence-corrected chi connectivity index (χ1v) is 6.19. The molecule has 2 aromatic rings. The van der Waals surface area contributed by atoms with E-state index >= 15 is 0 Å². The molecule has 0 radical (unpaired) electrons. The molecule has 0 aliphatic carbocycles. The maximum absolute atomic E-state index is 4.52. The van der Waals surface area contributed by atoms with Gasteiger partial charge < -0.3 is 0 Å². The third-order valence-corrected chi connectivity index (χ3v) is 3.46. The first kappa shape index (κ1) is 11.8. The maximum atomic E-state index is 4.52. The topological polar surface area (TPSA) is 30.2 Å². The van der Waals surface area contributed by atoms with Crippen LogP contribution in [0.15, 0.2) is 35.8 Å². The van der Waals surface area contributed by atoms with Crippen molar-refractivity contribution in [2.45, 2.75) is 13.8 Å². The molecule has 2 rings (SSSR count). The summed E-state index contributed by atoms with van der Waals surface area (Å²) in [4.78, 5) is 5.08. The zero-order valence-corrected chi connectivity index (χ0v) is 11.1. The normalized spacial score (nSPS) is 11.8. The van der Waals surface area contributed by atoms with Crippen molar-refractivity contribution >= 4 is 17.0 Å². The number of hydrogen-bond acceptors (Lipinski definition) is 3. The van der Waals surface area contributed by atoms with Crippen molar-refractivity contribution in [2.75, 3.05) is 7.05 Å². The molecule has 0 amide bonds. The number of hydrogen-bond donors (Lipinski definition) is 0. The van der Waals surface area contributed by atoms with Crippen LogP contribution in [-0.4, -0.2) is 16.8 Å². The lowest BCUT2D eigenvalue weighted by Gasteiger charge is -1.97. The van der Waals surface area contributed by atoms with Crippen molar-refractivity contribution in [3.63, 3.8) is 0 Å². The summed E-state index contributed by atoms with van der Waals surface area (Å²) in [7, 11) is 1.77. The van der Waals surface area contributed by atoms with E-state index < -0.39 is 0 Å². The van der Waals surface area contributed by atoms with E-state index in [1.54, 1.807) is 23.1 Å². The summed E-state index contributed by atoms with van der Waals surface area (Å²) < 4.78 is 1.78. The summed E-state index contributed by atoms with van der Waals surface area (Å²) in [6.07, 6.45) is 0. The van der Waals surface area contributed by atoms with Crippen molar-refractivity contribution in [1.29, 1.82) is 0 Å². The summed E-state index contributed by atoms with van der Waals surface area (Å²) in [5.41, 5.74) is 3.24. The Kier molecular flexibility index (Phi) is 3.24. The van der Waals surface area contributed by atoms with Crippen LogP contribution in [0.25, 0.3) is 16.3 Å².